The molecule has 2 N–H and O–H groups in total. The maximum atomic E-state index is 10.7. The van der Waals surface area contributed by atoms with Crippen LogP contribution in [0, 0.1) is 0 Å². The van der Waals surface area contributed by atoms with Gasteiger partial charge >= 0.3 is 5.97 Å². The molecule has 2 aromatic rings. The zero-order valence-corrected chi connectivity index (χ0v) is 9.41. The van der Waals surface area contributed by atoms with E-state index in [1.54, 1.807) is 6.07 Å². The number of carboxylic acid groups (broad SMARTS) is 1. The van der Waals surface area contributed by atoms with Gasteiger partial charge in [-0.25, -0.2) is 4.79 Å². The third-order valence-electron chi connectivity index (χ3n) is 2.42. The minimum Gasteiger partial charge on any atom is -0.476 e. The minimum absolute atomic E-state index is 0.0379. The van der Waals surface area contributed by atoms with Gasteiger partial charge in [0.15, 0.2) is 5.76 Å². The zero-order chi connectivity index (χ0) is 13.0. The number of hydrogen-bond donors (Lipinski definition) is 2. The van der Waals surface area contributed by atoms with E-state index in [2.05, 4.69) is 5.16 Å². The van der Waals surface area contributed by atoms with Crippen LogP contribution in [0.1, 0.15) is 17.1 Å². The number of carbonyl (C=O) groups is 1. The lowest BCUT2D eigenvalue weighted by molar-refractivity contribution is -0.129. The number of benzene rings is 1. The Balaban J connectivity index is 2.19. The highest BCUT2D eigenvalue weighted by Crippen LogP contribution is 2.14. The Morgan fingerprint density at radius 1 is 1.17 bits per heavy atom. The van der Waals surface area contributed by atoms with Crippen LogP contribution in [0.3, 0.4) is 0 Å². The van der Waals surface area contributed by atoms with Gasteiger partial charge in [0.05, 0.1) is 0 Å². The SMILES string of the molecule is O=C(O)C(=NO)c1ccc(Cc2ccccc2)o1. The van der Waals surface area contributed by atoms with Crippen molar-refractivity contribution in [2.45, 2.75) is 6.42 Å². The molecule has 0 bridgehead atoms. The van der Waals surface area contributed by atoms with Crippen LogP contribution in [0.5, 0.6) is 0 Å². The van der Waals surface area contributed by atoms with Crippen LogP contribution in [0.2, 0.25) is 0 Å². The quantitative estimate of drug-likeness (QED) is 0.491. The zero-order valence-electron chi connectivity index (χ0n) is 9.41. The summed E-state index contributed by atoms with van der Waals surface area (Å²) in [5.41, 5.74) is 0.547. The fourth-order valence-electron chi connectivity index (χ4n) is 1.59. The van der Waals surface area contributed by atoms with Gasteiger partial charge in [-0.2, -0.15) is 0 Å². The number of furan rings is 1. The van der Waals surface area contributed by atoms with E-state index in [0.29, 0.717) is 12.2 Å². The van der Waals surface area contributed by atoms with Crippen molar-refractivity contribution >= 4 is 11.7 Å². The topological polar surface area (TPSA) is 83.0 Å². The van der Waals surface area contributed by atoms with Gasteiger partial charge in [0.2, 0.25) is 5.71 Å². The molecule has 0 fully saturated rings. The summed E-state index contributed by atoms with van der Waals surface area (Å²) in [6.45, 7) is 0. The second-order valence-electron chi connectivity index (χ2n) is 3.68. The van der Waals surface area contributed by atoms with Gasteiger partial charge in [-0.05, 0) is 17.7 Å². The molecule has 0 unspecified atom stereocenters. The molecule has 1 heterocycles. The molecule has 18 heavy (non-hydrogen) atoms. The third-order valence-corrected chi connectivity index (χ3v) is 2.42. The van der Waals surface area contributed by atoms with Crippen LogP contribution in [0.25, 0.3) is 0 Å². The van der Waals surface area contributed by atoms with Crippen molar-refractivity contribution in [3.8, 4) is 0 Å². The molecule has 0 aliphatic carbocycles. The van der Waals surface area contributed by atoms with Crippen LogP contribution >= 0.6 is 0 Å². The van der Waals surface area contributed by atoms with Crippen molar-refractivity contribution in [2.75, 3.05) is 0 Å². The average molecular weight is 245 g/mol. The van der Waals surface area contributed by atoms with Crippen molar-refractivity contribution in [2.24, 2.45) is 5.16 Å². The monoisotopic (exact) mass is 245 g/mol. The van der Waals surface area contributed by atoms with Crippen LogP contribution in [0.15, 0.2) is 52.0 Å². The Hall–Kier alpha value is -2.56. The highest BCUT2D eigenvalue weighted by Gasteiger charge is 2.17. The van der Waals surface area contributed by atoms with Gasteiger partial charge in [-0.3, -0.25) is 0 Å². The molecule has 2 rings (SSSR count). The van der Waals surface area contributed by atoms with Gasteiger partial charge in [0.25, 0.3) is 0 Å². The van der Waals surface area contributed by atoms with E-state index in [-0.39, 0.29) is 5.76 Å². The maximum absolute atomic E-state index is 10.7. The van der Waals surface area contributed by atoms with E-state index < -0.39 is 11.7 Å². The summed E-state index contributed by atoms with van der Waals surface area (Å²) in [4.78, 5) is 10.7. The third kappa shape index (κ3) is 2.57. The molecular formula is C13H11NO4. The molecular weight excluding hydrogens is 234 g/mol. The molecule has 0 amide bonds. The van der Waals surface area contributed by atoms with Crippen LogP contribution < -0.4 is 0 Å². The first-order valence-corrected chi connectivity index (χ1v) is 5.29. The van der Waals surface area contributed by atoms with Gasteiger partial charge in [0.1, 0.15) is 5.76 Å². The molecule has 0 radical (unpaired) electrons. The molecule has 1 aromatic heterocycles. The Morgan fingerprint density at radius 2 is 1.89 bits per heavy atom. The first-order valence-electron chi connectivity index (χ1n) is 5.29. The largest absolute Gasteiger partial charge is 0.476 e. The lowest BCUT2D eigenvalue weighted by atomic mass is 10.1. The van der Waals surface area contributed by atoms with Crippen molar-refractivity contribution in [3.05, 3.63) is 59.5 Å². The summed E-state index contributed by atoms with van der Waals surface area (Å²) in [5.74, 6) is -0.687. The smallest absolute Gasteiger partial charge is 0.361 e. The normalized spacial score (nSPS) is 11.4. The second-order valence-corrected chi connectivity index (χ2v) is 3.68. The summed E-state index contributed by atoms with van der Waals surface area (Å²) in [6, 6.07) is 12.8. The standard InChI is InChI=1S/C13H11NO4/c15-13(16)12(14-17)11-7-6-10(18-11)8-9-4-2-1-3-5-9/h1-7,17H,8H2,(H,15,16). The number of rotatable bonds is 4. The summed E-state index contributed by atoms with van der Waals surface area (Å²) < 4.78 is 5.33. The molecule has 1 aromatic carbocycles. The first-order chi connectivity index (χ1) is 8.70. The van der Waals surface area contributed by atoms with Crippen molar-refractivity contribution in [1.82, 2.24) is 0 Å². The molecule has 0 spiro atoms. The van der Waals surface area contributed by atoms with Crippen LogP contribution in [-0.2, 0) is 11.2 Å². The van der Waals surface area contributed by atoms with Gasteiger partial charge in [0, 0.05) is 6.42 Å². The molecule has 0 atom stereocenters. The van der Waals surface area contributed by atoms with Gasteiger partial charge < -0.3 is 14.7 Å². The number of aliphatic carboxylic acids is 1. The molecule has 5 heteroatoms. The molecule has 0 aliphatic rings. The summed E-state index contributed by atoms with van der Waals surface area (Å²) in [7, 11) is 0. The Morgan fingerprint density at radius 3 is 2.50 bits per heavy atom. The lowest BCUT2D eigenvalue weighted by Crippen LogP contribution is -2.13. The Labute approximate surface area is 103 Å². The predicted molar refractivity (Wildman–Crippen MR) is 63.9 cm³/mol. The first kappa shape index (κ1) is 11.9. The fourth-order valence-corrected chi connectivity index (χ4v) is 1.59. The highest BCUT2D eigenvalue weighted by molar-refractivity contribution is 6.41. The van der Waals surface area contributed by atoms with E-state index in [4.69, 9.17) is 14.7 Å². The van der Waals surface area contributed by atoms with E-state index >= 15 is 0 Å². The lowest BCUT2D eigenvalue weighted by Gasteiger charge is -1.97. The Bertz CT molecular complexity index is 572. The Kier molecular flexibility index (Phi) is 3.43. The van der Waals surface area contributed by atoms with Gasteiger partial charge in [-0.15, -0.1) is 0 Å². The molecule has 5 nitrogen and oxygen atoms in total. The minimum atomic E-state index is -1.34. The van der Waals surface area contributed by atoms with Crippen LogP contribution in [-0.4, -0.2) is 22.0 Å². The van der Waals surface area contributed by atoms with Gasteiger partial charge in [-0.1, -0.05) is 35.5 Å². The summed E-state index contributed by atoms with van der Waals surface area (Å²) >= 11 is 0. The van der Waals surface area contributed by atoms with E-state index in [1.165, 1.54) is 6.07 Å². The van der Waals surface area contributed by atoms with Crippen molar-refractivity contribution in [1.29, 1.82) is 0 Å². The second kappa shape index (κ2) is 5.18. The van der Waals surface area contributed by atoms with Crippen LogP contribution in [0.4, 0.5) is 0 Å². The number of hydrogen-bond acceptors (Lipinski definition) is 4. The number of oxime groups is 1. The highest BCUT2D eigenvalue weighted by atomic mass is 16.4. The van der Waals surface area contributed by atoms with E-state index in [9.17, 15) is 4.79 Å². The molecule has 0 saturated heterocycles. The number of carboxylic acids is 1. The van der Waals surface area contributed by atoms with Crippen molar-refractivity contribution < 1.29 is 19.5 Å². The predicted octanol–water partition coefficient (Wildman–Crippen LogP) is 2.13. The van der Waals surface area contributed by atoms with Crippen molar-refractivity contribution in [3.63, 3.8) is 0 Å². The van der Waals surface area contributed by atoms with E-state index in [0.717, 1.165) is 5.56 Å². The fraction of sp³-hybridized carbons (Fsp3) is 0.0769. The van der Waals surface area contributed by atoms with E-state index in [1.807, 2.05) is 30.3 Å². The average Bonchev–Trinajstić information content (AvgIpc) is 2.79. The summed E-state index contributed by atoms with van der Waals surface area (Å²) in [5, 5.41) is 20.1. The molecule has 0 saturated carbocycles. The molecule has 92 valence electrons. The number of nitrogens with zero attached hydrogens (tertiary/aromatic N) is 1. The summed E-state index contributed by atoms with van der Waals surface area (Å²) in [6.07, 6.45) is 0.555. The maximum Gasteiger partial charge on any atom is 0.361 e. The molecule has 0 aliphatic heterocycles.